The van der Waals surface area contributed by atoms with E-state index in [1.165, 1.54) is 6.42 Å². The van der Waals surface area contributed by atoms with E-state index in [0.717, 1.165) is 71.2 Å². The van der Waals surface area contributed by atoms with Crippen molar-refractivity contribution < 1.29 is 14.2 Å². The molecule has 6 nitrogen and oxygen atoms in total. The maximum Gasteiger partial charge on any atom is 0.191 e. The molecule has 0 amide bonds. The van der Waals surface area contributed by atoms with Gasteiger partial charge in [0.1, 0.15) is 0 Å². The van der Waals surface area contributed by atoms with Gasteiger partial charge in [-0.25, -0.2) is 0 Å². The van der Waals surface area contributed by atoms with Gasteiger partial charge in [0.25, 0.3) is 0 Å². The minimum absolute atomic E-state index is 0. The summed E-state index contributed by atoms with van der Waals surface area (Å²) in [7, 11) is 1.80. The van der Waals surface area contributed by atoms with Crippen molar-refractivity contribution in [3.05, 3.63) is 0 Å². The second-order valence-electron chi connectivity index (χ2n) is 5.55. The summed E-state index contributed by atoms with van der Waals surface area (Å²) in [6.07, 6.45) is 6.06. The van der Waals surface area contributed by atoms with E-state index in [2.05, 4.69) is 15.6 Å². The molecule has 2 aliphatic heterocycles. The maximum atomic E-state index is 5.84. The van der Waals surface area contributed by atoms with E-state index in [4.69, 9.17) is 14.2 Å². The molecule has 2 heterocycles. The number of guanidine groups is 1. The molecule has 2 N–H and O–H groups in total. The lowest BCUT2D eigenvalue weighted by Crippen LogP contribution is -2.41. The first-order valence-corrected chi connectivity index (χ1v) is 8.14. The molecular formula is C15H30IN3O3. The summed E-state index contributed by atoms with van der Waals surface area (Å²) in [4.78, 5) is 4.22. The molecule has 2 rings (SSSR count). The predicted octanol–water partition coefficient (Wildman–Crippen LogP) is 1.53. The van der Waals surface area contributed by atoms with Crippen LogP contribution in [0.2, 0.25) is 0 Å². The summed E-state index contributed by atoms with van der Waals surface area (Å²) in [5, 5.41) is 6.62. The standard InChI is InChI=1S/C15H29N3O3.HI/c1-16-15(18-12-14-4-2-8-21-14)17-7-3-9-20-13-5-10-19-11-6-13;/h13-14H,2-12H2,1H3,(H2,16,17,18);1H. The number of ether oxygens (including phenoxy) is 3. The summed E-state index contributed by atoms with van der Waals surface area (Å²) in [5.41, 5.74) is 0. The third-order valence-corrected chi connectivity index (χ3v) is 3.88. The monoisotopic (exact) mass is 427 g/mol. The van der Waals surface area contributed by atoms with Gasteiger partial charge in [0.15, 0.2) is 5.96 Å². The zero-order valence-electron chi connectivity index (χ0n) is 13.5. The normalized spacial score (nSPS) is 23.1. The van der Waals surface area contributed by atoms with E-state index in [9.17, 15) is 0 Å². The molecule has 130 valence electrons. The number of hydrogen-bond donors (Lipinski definition) is 2. The van der Waals surface area contributed by atoms with Crippen LogP contribution in [0.4, 0.5) is 0 Å². The van der Waals surface area contributed by atoms with Crippen molar-refractivity contribution in [1.82, 2.24) is 10.6 Å². The number of rotatable bonds is 7. The number of hydrogen-bond acceptors (Lipinski definition) is 4. The highest BCUT2D eigenvalue weighted by Gasteiger charge is 2.15. The Morgan fingerprint density at radius 3 is 2.68 bits per heavy atom. The van der Waals surface area contributed by atoms with Gasteiger partial charge in [0.2, 0.25) is 0 Å². The summed E-state index contributed by atoms with van der Waals surface area (Å²) < 4.78 is 16.7. The molecule has 1 unspecified atom stereocenters. The fourth-order valence-electron chi connectivity index (χ4n) is 2.61. The number of nitrogens with one attached hydrogen (secondary N) is 2. The second-order valence-corrected chi connectivity index (χ2v) is 5.55. The Labute approximate surface area is 150 Å². The summed E-state index contributed by atoms with van der Waals surface area (Å²) in [6.45, 7) is 5.06. The largest absolute Gasteiger partial charge is 0.381 e. The van der Waals surface area contributed by atoms with Gasteiger partial charge in [-0.05, 0) is 32.1 Å². The van der Waals surface area contributed by atoms with Crippen LogP contribution in [0.1, 0.15) is 32.1 Å². The van der Waals surface area contributed by atoms with E-state index in [1.807, 2.05) is 0 Å². The minimum Gasteiger partial charge on any atom is -0.381 e. The smallest absolute Gasteiger partial charge is 0.191 e. The van der Waals surface area contributed by atoms with Crippen LogP contribution in [0.15, 0.2) is 4.99 Å². The Hall–Kier alpha value is -0.120. The van der Waals surface area contributed by atoms with Gasteiger partial charge in [-0.2, -0.15) is 0 Å². The Morgan fingerprint density at radius 2 is 2.00 bits per heavy atom. The van der Waals surface area contributed by atoms with Gasteiger partial charge in [0.05, 0.1) is 12.2 Å². The van der Waals surface area contributed by atoms with Crippen molar-refractivity contribution in [2.24, 2.45) is 4.99 Å². The van der Waals surface area contributed by atoms with Crippen LogP contribution >= 0.6 is 24.0 Å². The molecule has 0 radical (unpaired) electrons. The molecule has 2 aliphatic rings. The van der Waals surface area contributed by atoms with Gasteiger partial charge < -0.3 is 24.8 Å². The first-order chi connectivity index (χ1) is 10.4. The number of aliphatic imine (C=N–C) groups is 1. The van der Waals surface area contributed by atoms with E-state index in [0.29, 0.717) is 12.2 Å². The van der Waals surface area contributed by atoms with E-state index < -0.39 is 0 Å². The minimum atomic E-state index is 0. The van der Waals surface area contributed by atoms with Crippen LogP contribution in [0, 0.1) is 0 Å². The molecule has 2 fully saturated rings. The molecule has 1 atom stereocenters. The third-order valence-electron chi connectivity index (χ3n) is 3.88. The molecule has 2 saturated heterocycles. The van der Waals surface area contributed by atoms with E-state index in [1.54, 1.807) is 7.05 Å². The van der Waals surface area contributed by atoms with E-state index in [-0.39, 0.29) is 24.0 Å². The van der Waals surface area contributed by atoms with Crippen LogP contribution in [-0.2, 0) is 14.2 Å². The van der Waals surface area contributed by atoms with Crippen LogP contribution in [-0.4, -0.2) is 64.7 Å². The predicted molar refractivity (Wildman–Crippen MR) is 98.2 cm³/mol. The van der Waals surface area contributed by atoms with Gasteiger partial charge >= 0.3 is 0 Å². The average Bonchev–Trinajstić information content (AvgIpc) is 3.04. The average molecular weight is 427 g/mol. The summed E-state index contributed by atoms with van der Waals surface area (Å²) in [5.74, 6) is 0.844. The van der Waals surface area contributed by atoms with Crippen molar-refractivity contribution in [3.63, 3.8) is 0 Å². The lowest BCUT2D eigenvalue weighted by molar-refractivity contribution is -0.0320. The SMILES string of the molecule is CN=C(NCCCOC1CCOCC1)NCC1CCCO1.I. The fourth-order valence-corrected chi connectivity index (χ4v) is 2.61. The van der Waals surface area contributed by atoms with Crippen molar-refractivity contribution >= 4 is 29.9 Å². The van der Waals surface area contributed by atoms with Gasteiger partial charge in [-0.15, -0.1) is 24.0 Å². The highest BCUT2D eigenvalue weighted by molar-refractivity contribution is 14.0. The Morgan fingerprint density at radius 1 is 1.18 bits per heavy atom. The fraction of sp³-hybridized carbons (Fsp3) is 0.933. The third kappa shape index (κ3) is 7.94. The van der Waals surface area contributed by atoms with Gasteiger partial charge in [0, 0.05) is 46.6 Å². The number of nitrogens with zero attached hydrogens (tertiary/aromatic N) is 1. The second kappa shape index (κ2) is 12.3. The summed E-state index contributed by atoms with van der Waals surface area (Å²) >= 11 is 0. The Kier molecular flexibility index (Phi) is 11.2. The van der Waals surface area contributed by atoms with Crippen LogP contribution in [0.5, 0.6) is 0 Å². The molecule has 0 aromatic rings. The topological polar surface area (TPSA) is 64.1 Å². The lowest BCUT2D eigenvalue weighted by Gasteiger charge is -2.22. The van der Waals surface area contributed by atoms with Crippen molar-refractivity contribution in [1.29, 1.82) is 0 Å². The van der Waals surface area contributed by atoms with Crippen molar-refractivity contribution in [2.45, 2.75) is 44.3 Å². The van der Waals surface area contributed by atoms with Crippen molar-refractivity contribution in [2.75, 3.05) is 46.6 Å². The zero-order valence-corrected chi connectivity index (χ0v) is 15.8. The molecule has 7 heteroatoms. The molecular weight excluding hydrogens is 397 g/mol. The first kappa shape index (κ1) is 19.9. The molecule has 0 aliphatic carbocycles. The van der Waals surface area contributed by atoms with E-state index >= 15 is 0 Å². The van der Waals surface area contributed by atoms with Gasteiger partial charge in [-0.1, -0.05) is 0 Å². The first-order valence-electron chi connectivity index (χ1n) is 8.14. The lowest BCUT2D eigenvalue weighted by atomic mass is 10.1. The van der Waals surface area contributed by atoms with Gasteiger partial charge in [-0.3, -0.25) is 4.99 Å². The molecule has 0 aromatic heterocycles. The quantitative estimate of drug-likeness (QED) is 0.279. The molecule has 22 heavy (non-hydrogen) atoms. The molecule has 0 saturated carbocycles. The highest BCUT2D eigenvalue weighted by Crippen LogP contribution is 2.11. The summed E-state index contributed by atoms with van der Waals surface area (Å²) in [6, 6.07) is 0. The van der Waals surface area contributed by atoms with Crippen LogP contribution < -0.4 is 10.6 Å². The Bertz CT molecular complexity index is 306. The van der Waals surface area contributed by atoms with Crippen molar-refractivity contribution in [3.8, 4) is 0 Å². The molecule has 0 bridgehead atoms. The Balaban J connectivity index is 0.00000242. The highest BCUT2D eigenvalue weighted by atomic mass is 127. The number of halogens is 1. The van der Waals surface area contributed by atoms with Crippen LogP contribution in [0.3, 0.4) is 0 Å². The molecule has 0 aromatic carbocycles. The van der Waals surface area contributed by atoms with Crippen LogP contribution in [0.25, 0.3) is 0 Å². The maximum absolute atomic E-state index is 5.84. The zero-order chi connectivity index (χ0) is 14.8. The molecule has 0 spiro atoms.